The maximum Gasteiger partial charge on any atom is 0.0648 e. The van der Waals surface area contributed by atoms with E-state index in [9.17, 15) is 0 Å². The third-order valence-electron chi connectivity index (χ3n) is 2.74. The van der Waals surface area contributed by atoms with Crippen LogP contribution in [-0.2, 0) is 6.54 Å². The van der Waals surface area contributed by atoms with Gasteiger partial charge in [-0.05, 0) is 30.3 Å². The number of rotatable bonds is 7. The predicted octanol–water partition coefficient (Wildman–Crippen LogP) is 1.57. The molecule has 1 heterocycles. The normalized spacial score (nSPS) is 10.7. The van der Waals surface area contributed by atoms with E-state index in [1.54, 1.807) is 6.20 Å². The van der Waals surface area contributed by atoms with Crippen LogP contribution in [0.15, 0.2) is 42.7 Å². The van der Waals surface area contributed by atoms with Crippen LogP contribution in [0.3, 0.4) is 0 Å². The maximum atomic E-state index is 4.23. The SMILES string of the molecule is CCNCCNCc1cccc(-n2cccn2)c1. The van der Waals surface area contributed by atoms with Crippen molar-refractivity contribution in [2.24, 2.45) is 0 Å². The quantitative estimate of drug-likeness (QED) is 0.727. The summed E-state index contributed by atoms with van der Waals surface area (Å²) < 4.78 is 1.88. The fourth-order valence-corrected chi connectivity index (χ4v) is 1.82. The van der Waals surface area contributed by atoms with Gasteiger partial charge in [0, 0.05) is 32.0 Å². The van der Waals surface area contributed by atoms with Gasteiger partial charge in [-0.3, -0.25) is 0 Å². The second-order valence-electron chi connectivity index (χ2n) is 4.15. The topological polar surface area (TPSA) is 41.9 Å². The highest BCUT2D eigenvalue weighted by atomic mass is 15.3. The summed E-state index contributed by atoms with van der Waals surface area (Å²) in [6.45, 7) is 6.03. The van der Waals surface area contributed by atoms with Gasteiger partial charge in [-0.25, -0.2) is 4.68 Å². The molecular weight excluding hydrogens is 224 g/mol. The van der Waals surface area contributed by atoms with Gasteiger partial charge in [-0.1, -0.05) is 19.1 Å². The first-order valence-electron chi connectivity index (χ1n) is 6.40. The molecule has 4 nitrogen and oxygen atoms in total. The molecule has 0 aliphatic rings. The minimum atomic E-state index is 0.889. The first-order valence-corrected chi connectivity index (χ1v) is 6.40. The van der Waals surface area contributed by atoms with E-state index in [0.717, 1.165) is 31.9 Å². The molecule has 0 aliphatic carbocycles. The zero-order valence-electron chi connectivity index (χ0n) is 10.8. The molecule has 1 aromatic heterocycles. The molecule has 2 N–H and O–H groups in total. The van der Waals surface area contributed by atoms with Crippen LogP contribution in [0.4, 0.5) is 0 Å². The molecule has 0 saturated carbocycles. The van der Waals surface area contributed by atoms with Crippen molar-refractivity contribution in [2.75, 3.05) is 19.6 Å². The predicted molar refractivity (Wildman–Crippen MR) is 73.8 cm³/mol. The van der Waals surface area contributed by atoms with E-state index in [2.05, 4.69) is 46.9 Å². The first-order chi connectivity index (χ1) is 8.90. The molecule has 1 aromatic carbocycles. The van der Waals surface area contributed by atoms with Crippen molar-refractivity contribution in [2.45, 2.75) is 13.5 Å². The van der Waals surface area contributed by atoms with Crippen molar-refractivity contribution < 1.29 is 0 Å². The molecule has 0 bridgehead atoms. The van der Waals surface area contributed by atoms with Crippen LogP contribution >= 0.6 is 0 Å². The van der Waals surface area contributed by atoms with Crippen LogP contribution in [0.5, 0.6) is 0 Å². The zero-order chi connectivity index (χ0) is 12.6. The molecule has 0 saturated heterocycles. The lowest BCUT2D eigenvalue weighted by Crippen LogP contribution is -2.26. The van der Waals surface area contributed by atoms with Gasteiger partial charge >= 0.3 is 0 Å². The van der Waals surface area contributed by atoms with Gasteiger partial charge in [0.05, 0.1) is 5.69 Å². The number of nitrogens with zero attached hydrogens (tertiary/aromatic N) is 2. The summed E-state index contributed by atoms with van der Waals surface area (Å²) in [5.41, 5.74) is 2.38. The molecule has 0 fully saturated rings. The maximum absolute atomic E-state index is 4.23. The lowest BCUT2D eigenvalue weighted by atomic mass is 10.2. The Morgan fingerprint density at radius 1 is 1.17 bits per heavy atom. The fraction of sp³-hybridized carbons (Fsp3) is 0.357. The van der Waals surface area contributed by atoms with Gasteiger partial charge in [-0.15, -0.1) is 0 Å². The number of hydrogen-bond donors (Lipinski definition) is 2. The molecule has 0 amide bonds. The fourth-order valence-electron chi connectivity index (χ4n) is 1.82. The van der Waals surface area contributed by atoms with Crippen LogP contribution in [0.25, 0.3) is 5.69 Å². The van der Waals surface area contributed by atoms with Gasteiger partial charge < -0.3 is 10.6 Å². The Morgan fingerprint density at radius 2 is 2.06 bits per heavy atom. The van der Waals surface area contributed by atoms with Crippen molar-refractivity contribution in [3.05, 3.63) is 48.3 Å². The average Bonchev–Trinajstić information content (AvgIpc) is 2.93. The highest BCUT2D eigenvalue weighted by Crippen LogP contribution is 2.09. The van der Waals surface area contributed by atoms with Crippen LogP contribution in [0, 0.1) is 0 Å². The Balaban J connectivity index is 1.88. The summed E-state index contributed by atoms with van der Waals surface area (Å²) in [4.78, 5) is 0. The lowest BCUT2D eigenvalue weighted by Gasteiger charge is -2.07. The summed E-state index contributed by atoms with van der Waals surface area (Å²) in [7, 11) is 0. The van der Waals surface area contributed by atoms with Gasteiger partial charge in [0.15, 0.2) is 0 Å². The minimum absolute atomic E-state index is 0.889. The molecule has 2 rings (SSSR count). The standard InChI is InChI=1S/C14H20N4/c1-2-15-8-9-16-12-13-5-3-6-14(11-13)18-10-4-7-17-18/h3-7,10-11,15-16H,2,8-9,12H2,1H3. The van der Waals surface area contributed by atoms with Crippen molar-refractivity contribution in [1.82, 2.24) is 20.4 Å². The highest BCUT2D eigenvalue weighted by molar-refractivity contribution is 5.34. The Kier molecular flexibility index (Phi) is 4.93. The Bertz CT molecular complexity index is 451. The van der Waals surface area contributed by atoms with Crippen LogP contribution < -0.4 is 10.6 Å². The lowest BCUT2D eigenvalue weighted by molar-refractivity contribution is 0.624. The zero-order valence-corrected chi connectivity index (χ0v) is 10.8. The largest absolute Gasteiger partial charge is 0.316 e. The molecule has 0 aliphatic heterocycles. The molecular formula is C14H20N4. The molecule has 96 valence electrons. The van der Waals surface area contributed by atoms with Crippen molar-refractivity contribution >= 4 is 0 Å². The van der Waals surface area contributed by atoms with E-state index in [1.165, 1.54) is 5.56 Å². The monoisotopic (exact) mass is 244 g/mol. The number of aromatic nitrogens is 2. The van der Waals surface area contributed by atoms with Crippen molar-refractivity contribution in [3.63, 3.8) is 0 Å². The second kappa shape index (κ2) is 6.93. The van der Waals surface area contributed by atoms with Gasteiger partial charge in [-0.2, -0.15) is 5.10 Å². The first kappa shape index (κ1) is 12.8. The molecule has 4 heteroatoms. The number of benzene rings is 1. The van der Waals surface area contributed by atoms with E-state index < -0.39 is 0 Å². The highest BCUT2D eigenvalue weighted by Gasteiger charge is 1.98. The van der Waals surface area contributed by atoms with Crippen LogP contribution in [0.1, 0.15) is 12.5 Å². The summed E-state index contributed by atoms with van der Waals surface area (Å²) in [5, 5.41) is 10.9. The molecule has 0 spiro atoms. The molecule has 0 radical (unpaired) electrons. The summed E-state index contributed by atoms with van der Waals surface area (Å²) >= 11 is 0. The number of likely N-dealkylation sites (N-methyl/N-ethyl adjacent to an activating group) is 1. The third-order valence-corrected chi connectivity index (χ3v) is 2.74. The molecule has 18 heavy (non-hydrogen) atoms. The smallest absolute Gasteiger partial charge is 0.0648 e. The second-order valence-corrected chi connectivity index (χ2v) is 4.15. The van der Waals surface area contributed by atoms with E-state index in [-0.39, 0.29) is 0 Å². The van der Waals surface area contributed by atoms with E-state index in [0.29, 0.717) is 0 Å². The molecule has 0 unspecified atom stereocenters. The van der Waals surface area contributed by atoms with Gasteiger partial charge in [0.1, 0.15) is 0 Å². The number of hydrogen-bond acceptors (Lipinski definition) is 3. The molecule has 2 aromatic rings. The Labute approximate surface area is 108 Å². The van der Waals surface area contributed by atoms with Crippen molar-refractivity contribution in [3.8, 4) is 5.69 Å². The van der Waals surface area contributed by atoms with Crippen LogP contribution in [0.2, 0.25) is 0 Å². The average molecular weight is 244 g/mol. The van der Waals surface area contributed by atoms with Crippen LogP contribution in [-0.4, -0.2) is 29.4 Å². The van der Waals surface area contributed by atoms with Gasteiger partial charge in [0.2, 0.25) is 0 Å². The minimum Gasteiger partial charge on any atom is -0.316 e. The Hall–Kier alpha value is -1.65. The Morgan fingerprint density at radius 3 is 2.83 bits per heavy atom. The van der Waals surface area contributed by atoms with Gasteiger partial charge in [0.25, 0.3) is 0 Å². The summed E-state index contributed by atoms with van der Waals surface area (Å²) in [6.07, 6.45) is 3.75. The summed E-state index contributed by atoms with van der Waals surface area (Å²) in [6, 6.07) is 10.4. The van der Waals surface area contributed by atoms with E-state index in [1.807, 2.05) is 16.9 Å². The van der Waals surface area contributed by atoms with E-state index in [4.69, 9.17) is 0 Å². The number of nitrogens with one attached hydrogen (secondary N) is 2. The van der Waals surface area contributed by atoms with E-state index >= 15 is 0 Å². The molecule has 0 atom stereocenters. The van der Waals surface area contributed by atoms with Crippen molar-refractivity contribution in [1.29, 1.82) is 0 Å². The third kappa shape index (κ3) is 3.68. The summed E-state index contributed by atoms with van der Waals surface area (Å²) in [5.74, 6) is 0.